The highest BCUT2D eigenvalue weighted by Crippen LogP contribution is 2.31. The number of phenolic OH excluding ortho intramolecular Hbond substituents is 2. The number of phenols is 2. The minimum absolute atomic E-state index is 0.137. The molecule has 0 saturated carbocycles. The molecule has 0 fully saturated rings. The second-order valence-electron chi connectivity index (χ2n) is 2.10. The lowest BCUT2D eigenvalue weighted by atomic mass is 10.3. The van der Waals surface area contributed by atoms with Crippen molar-refractivity contribution in [2.75, 3.05) is 5.32 Å². The summed E-state index contributed by atoms with van der Waals surface area (Å²) in [5, 5.41) is 21.1. The van der Waals surface area contributed by atoms with E-state index in [1.54, 1.807) is 17.6 Å². The summed E-state index contributed by atoms with van der Waals surface area (Å²) in [6.07, 6.45) is 0. The molecular formula is C8H9NO2S. The van der Waals surface area contributed by atoms with Gasteiger partial charge in [-0.25, -0.2) is 0 Å². The Morgan fingerprint density at radius 1 is 1.42 bits per heavy atom. The van der Waals surface area contributed by atoms with Crippen LogP contribution >= 0.6 is 10.9 Å². The third kappa shape index (κ3) is 1.79. The zero-order valence-electron chi connectivity index (χ0n) is 6.32. The van der Waals surface area contributed by atoms with Gasteiger partial charge in [0.25, 0.3) is 0 Å². The Kier molecular flexibility index (Phi) is 2.76. The molecule has 64 valence electrons. The Bertz CT molecular complexity index is 332. The van der Waals surface area contributed by atoms with E-state index in [0.717, 1.165) is 0 Å². The van der Waals surface area contributed by atoms with Crippen molar-refractivity contribution in [3.05, 3.63) is 18.2 Å². The summed E-state index contributed by atoms with van der Waals surface area (Å²) in [5.74, 6) is 3.22. The summed E-state index contributed by atoms with van der Waals surface area (Å²) in [5.41, 5.74) is 2.07. The summed E-state index contributed by atoms with van der Waals surface area (Å²) in [7, 11) is 1.23. The van der Waals surface area contributed by atoms with E-state index in [1.165, 1.54) is 17.0 Å². The third-order valence-electron chi connectivity index (χ3n) is 1.31. The largest absolute Gasteiger partial charge is 0.504 e. The van der Waals surface area contributed by atoms with Gasteiger partial charge in [0.05, 0.1) is 11.2 Å². The van der Waals surface area contributed by atoms with Gasteiger partial charge in [-0.1, -0.05) is 6.07 Å². The van der Waals surface area contributed by atoms with E-state index in [9.17, 15) is 5.11 Å². The molecule has 0 aliphatic heterocycles. The highest BCUT2D eigenvalue weighted by Gasteiger charge is 2.02. The van der Waals surface area contributed by atoms with Crippen molar-refractivity contribution in [1.29, 1.82) is 0 Å². The van der Waals surface area contributed by atoms with Crippen LogP contribution in [-0.4, -0.2) is 21.6 Å². The van der Waals surface area contributed by atoms with Gasteiger partial charge in [-0.3, -0.25) is 0 Å². The van der Waals surface area contributed by atoms with Crippen molar-refractivity contribution < 1.29 is 10.2 Å². The van der Waals surface area contributed by atoms with Crippen molar-refractivity contribution in [2.24, 2.45) is 0 Å². The van der Waals surface area contributed by atoms with Crippen LogP contribution in [0, 0.1) is 0 Å². The molecule has 1 rings (SSSR count). The van der Waals surface area contributed by atoms with Crippen LogP contribution < -0.4 is 5.32 Å². The lowest BCUT2D eigenvalue weighted by Crippen LogP contribution is -1.91. The predicted octanol–water partition coefficient (Wildman–Crippen LogP) is 1.43. The van der Waals surface area contributed by atoms with Gasteiger partial charge in [0, 0.05) is 0 Å². The van der Waals surface area contributed by atoms with Crippen LogP contribution in [0.4, 0.5) is 5.69 Å². The van der Waals surface area contributed by atoms with Crippen molar-refractivity contribution in [3.63, 3.8) is 0 Å². The van der Waals surface area contributed by atoms with E-state index in [4.69, 9.17) is 5.11 Å². The summed E-state index contributed by atoms with van der Waals surface area (Å²) in [4.78, 5) is 0. The molecule has 0 radical (unpaired) electrons. The molecule has 0 spiro atoms. The van der Waals surface area contributed by atoms with Crippen LogP contribution in [0.1, 0.15) is 0 Å². The topological polar surface area (TPSA) is 52.5 Å². The average Bonchev–Trinajstić information content (AvgIpc) is 2.08. The van der Waals surface area contributed by atoms with Gasteiger partial charge in [0.15, 0.2) is 11.5 Å². The second kappa shape index (κ2) is 3.82. The van der Waals surface area contributed by atoms with E-state index in [2.05, 4.69) is 11.2 Å². The molecule has 3 nitrogen and oxygen atoms in total. The van der Waals surface area contributed by atoms with E-state index in [-0.39, 0.29) is 11.5 Å². The Morgan fingerprint density at radius 3 is 2.83 bits per heavy atom. The first-order chi connectivity index (χ1) is 5.75. The maximum absolute atomic E-state index is 9.26. The van der Waals surface area contributed by atoms with E-state index >= 15 is 0 Å². The van der Waals surface area contributed by atoms with Crippen LogP contribution in [0.15, 0.2) is 18.2 Å². The smallest absolute Gasteiger partial charge is 0.181 e. The number of hydrogen-bond donors (Lipinski definition) is 3. The van der Waals surface area contributed by atoms with E-state index < -0.39 is 0 Å². The number of benzene rings is 1. The summed E-state index contributed by atoms with van der Waals surface area (Å²) in [6.45, 7) is 0. The fourth-order valence-corrected chi connectivity index (χ4v) is 0.963. The molecule has 0 aliphatic rings. The number of anilines is 1. The number of hydrogen-bond acceptors (Lipinski definition) is 2. The molecular weight excluding hydrogens is 174 g/mol. The van der Waals surface area contributed by atoms with E-state index in [1.807, 2.05) is 0 Å². The minimum atomic E-state index is -0.150. The molecule has 0 aliphatic carbocycles. The van der Waals surface area contributed by atoms with Gasteiger partial charge < -0.3 is 15.5 Å². The molecule has 0 amide bonds. The normalized spacial score (nSPS) is 9.00. The van der Waals surface area contributed by atoms with Crippen molar-refractivity contribution >= 4 is 28.0 Å². The SMILES string of the molecule is C=S=CNc1cccc(O)c1O. The monoisotopic (exact) mass is 183 g/mol. The first-order valence-corrected chi connectivity index (χ1v) is 4.30. The Hall–Kier alpha value is -1.42. The number of para-hydroxylation sites is 1. The third-order valence-corrected chi connectivity index (χ3v) is 1.60. The van der Waals surface area contributed by atoms with Gasteiger partial charge in [-0.15, -0.1) is 10.9 Å². The quantitative estimate of drug-likeness (QED) is 0.480. The number of aromatic hydroxyl groups is 2. The highest BCUT2D eigenvalue weighted by atomic mass is 32.1. The number of rotatable bonds is 2. The summed E-state index contributed by atoms with van der Waals surface area (Å²) < 4.78 is 0. The fraction of sp³-hybridized carbons (Fsp3) is 0. The van der Waals surface area contributed by atoms with Crippen LogP contribution in [-0.2, 0) is 0 Å². The van der Waals surface area contributed by atoms with Crippen LogP contribution in [0.2, 0.25) is 0 Å². The van der Waals surface area contributed by atoms with Crippen molar-refractivity contribution in [3.8, 4) is 11.5 Å². The Morgan fingerprint density at radius 2 is 2.17 bits per heavy atom. The fourth-order valence-electron chi connectivity index (χ4n) is 0.753. The Balaban J connectivity index is 2.99. The zero-order chi connectivity index (χ0) is 8.97. The zero-order valence-corrected chi connectivity index (χ0v) is 7.14. The lowest BCUT2D eigenvalue weighted by Gasteiger charge is -2.03. The highest BCUT2D eigenvalue weighted by molar-refractivity contribution is 7.95. The average molecular weight is 183 g/mol. The molecule has 1 aromatic carbocycles. The van der Waals surface area contributed by atoms with Gasteiger partial charge in [-0.2, -0.15) is 0 Å². The standard InChI is InChI=1S/C8H9NO2S/c1-12-5-9-6-3-2-4-7(10)8(6)11/h2-5,9-11H,1H2. The van der Waals surface area contributed by atoms with E-state index in [0.29, 0.717) is 5.69 Å². The maximum atomic E-state index is 9.26. The van der Waals surface area contributed by atoms with Gasteiger partial charge in [0.1, 0.15) is 0 Å². The van der Waals surface area contributed by atoms with Gasteiger partial charge in [0.2, 0.25) is 0 Å². The molecule has 1 aromatic rings. The molecule has 0 heterocycles. The first kappa shape index (κ1) is 8.67. The molecule has 12 heavy (non-hydrogen) atoms. The Labute approximate surface area is 73.8 Å². The van der Waals surface area contributed by atoms with Crippen molar-refractivity contribution in [1.82, 2.24) is 0 Å². The van der Waals surface area contributed by atoms with Crippen LogP contribution in [0.25, 0.3) is 0 Å². The van der Waals surface area contributed by atoms with Gasteiger partial charge in [-0.05, 0) is 18.0 Å². The van der Waals surface area contributed by atoms with Gasteiger partial charge >= 0.3 is 0 Å². The summed E-state index contributed by atoms with van der Waals surface area (Å²) in [6, 6.07) is 4.71. The van der Waals surface area contributed by atoms with Crippen LogP contribution in [0.5, 0.6) is 11.5 Å². The molecule has 0 aromatic heterocycles. The first-order valence-electron chi connectivity index (χ1n) is 3.25. The lowest BCUT2D eigenvalue weighted by molar-refractivity contribution is 0.405. The number of nitrogens with one attached hydrogen (secondary N) is 1. The predicted molar refractivity (Wildman–Crippen MR) is 54.2 cm³/mol. The molecule has 0 saturated heterocycles. The van der Waals surface area contributed by atoms with Crippen molar-refractivity contribution in [2.45, 2.75) is 0 Å². The molecule has 0 bridgehead atoms. The summed E-state index contributed by atoms with van der Waals surface area (Å²) >= 11 is 0. The molecule has 0 atom stereocenters. The second-order valence-corrected chi connectivity index (χ2v) is 2.67. The van der Waals surface area contributed by atoms with Crippen LogP contribution in [0.3, 0.4) is 0 Å². The molecule has 4 heteroatoms. The minimum Gasteiger partial charge on any atom is -0.504 e. The molecule has 0 unspecified atom stereocenters. The molecule has 3 N–H and O–H groups in total. The maximum Gasteiger partial charge on any atom is 0.181 e.